The number of alkyl carbamates (subject to hydrolysis) is 1. The highest BCUT2D eigenvalue weighted by molar-refractivity contribution is 6.30. The Morgan fingerprint density at radius 2 is 1.71 bits per heavy atom. The number of carboxylic acid groups (broad SMARTS) is 1. The maximum atomic E-state index is 13.4. The van der Waals surface area contributed by atoms with Crippen LogP contribution in [0.3, 0.4) is 0 Å². The number of hydrogen-bond acceptors (Lipinski definition) is 5. The average molecular weight is 584 g/mol. The lowest BCUT2D eigenvalue weighted by atomic mass is 9.84. The summed E-state index contributed by atoms with van der Waals surface area (Å²) in [4.78, 5) is 50.7. The zero-order valence-corrected chi connectivity index (χ0v) is 23.8. The number of halogens is 1. The Kier molecular flexibility index (Phi) is 11.0. The summed E-state index contributed by atoms with van der Waals surface area (Å²) in [5.74, 6) is -2.28. The molecule has 2 aromatic rings. The van der Waals surface area contributed by atoms with Crippen molar-refractivity contribution in [1.29, 1.82) is 0 Å². The molecule has 0 aromatic heterocycles. The second-order valence-electron chi connectivity index (χ2n) is 11.0. The fraction of sp³-hybridized carbons (Fsp3) is 0.484. The number of benzene rings is 2. The monoisotopic (exact) mass is 583 g/mol. The van der Waals surface area contributed by atoms with E-state index in [2.05, 4.69) is 16.0 Å². The number of carbonyl (C=O) groups excluding carboxylic acids is 3. The van der Waals surface area contributed by atoms with E-state index in [0.717, 1.165) is 43.2 Å². The maximum Gasteiger partial charge on any atom is 0.408 e. The summed E-state index contributed by atoms with van der Waals surface area (Å²) >= 11 is 6.17. The summed E-state index contributed by atoms with van der Waals surface area (Å²) in [5, 5.41) is 18.4. The molecule has 1 heterocycles. The summed E-state index contributed by atoms with van der Waals surface area (Å²) < 4.78 is 5.88. The molecule has 0 bridgehead atoms. The molecule has 1 aliphatic heterocycles. The topological polar surface area (TPSA) is 134 Å². The van der Waals surface area contributed by atoms with Crippen LogP contribution in [0.2, 0.25) is 5.02 Å². The maximum absolute atomic E-state index is 13.4. The van der Waals surface area contributed by atoms with E-state index < -0.39 is 42.1 Å². The average Bonchev–Trinajstić information content (AvgIpc) is 3.37. The van der Waals surface area contributed by atoms with E-state index in [4.69, 9.17) is 16.3 Å². The van der Waals surface area contributed by atoms with Crippen LogP contribution < -0.4 is 16.0 Å². The van der Waals surface area contributed by atoms with Crippen LogP contribution in [0.15, 0.2) is 54.6 Å². The van der Waals surface area contributed by atoms with Crippen molar-refractivity contribution >= 4 is 35.5 Å². The summed E-state index contributed by atoms with van der Waals surface area (Å²) in [5.41, 5.74) is 1.67. The molecule has 0 radical (unpaired) electrons. The van der Waals surface area contributed by atoms with E-state index in [-0.39, 0.29) is 18.2 Å². The molecule has 41 heavy (non-hydrogen) atoms. The fourth-order valence-corrected chi connectivity index (χ4v) is 5.93. The Morgan fingerprint density at radius 3 is 2.37 bits per heavy atom. The van der Waals surface area contributed by atoms with Crippen molar-refractivity contribution in [3.63, 3.8) is 0 Å². The van der Waals surface area contributed by atoms with Crippen LogP contribution in [0.5, 0.6) is 0 Å². The smallest absolute Gasteiger partial charge is 0.408 e. The van der Waals surface area contributed by atoms with Gasteiger partial charge in [-0.15, -0.1) is 0 Å². The van der Waals surface area contributed by atoms with Crippen molar-refractivity contribution in [1.82, 2.24) is 16.0 Å². The van der Waals surface area contributed by atoms with Gasteiger partial charge in [0.1, 0.15) is 18.2 Å². The van der Waals surface area contributed by atoms with Crippen LogP contribution in [-0.2, 0) is 25.5 Å². The summed E-state index contributed by atoms with van der Waals surface area (Å²) in [6, 6.07) is 14.4. The Morgan fingerprint density at radius 1 is 0.951 bits per heavy atom. The minimum Gasteiger partial charge on any atom is -0.480 e. The van der Waals surface area contributed by atoms with Crippen LogP contribution in [0.25, 0.3) is 0 Å². The number of ether oxygens (including phenoxy) is 1. The predicted molar refractivity (Wildman–Crippen MR) is 154 cm³/mol. The molecule has 10 heteroatoms. The second kappa shape index (κ2) is 14.9. The number of rotatable bonds is 12. The highest BCUT2D eigenvalue weighted by Crippen LogP contribution is 2.28. The molecule has 4 N–H and O–H groups in total. The number of carboxylic acids is 1. The van der Waals surface area contributed by atoms with Gasteiger partial charge in [0.15, 0.2) is 0 Å². The van der Waals surface area contributed by atoms with Crippen molar-refractivity contribution in [2.45, 2.75) is 76.0 Å². The molecule has 4 rings (SSSR count). The number of hydrogen-bond donors (Lipinski definition) is 4. The molecule has 0 spiro atoms. The summed E-state index contributed by atoms with van der Waals surface area (Å²) in [6.45, 7) is 0.485. The minimum absolute atomic E-state index is 0.0107. The van der Waals surface area contributed by atoms with Crippen molar-refractivity contribution in [3.05, 3.63) is 70.7 Å². The zero-order valence-electron chi connectivity index (χ0n) is 23.0. The van der Waals surface area contributed by atoms with Gasteiger partial charge >= 0.3 is 12.1 Å². The predicted octanol–water partition coefficient (Wildman–Crippen LogP) is 4.78. The first kappa shape index (κ1) is 30.4. The molecule has 2 aliphatic rings. The third-order valence-corrected chi connectivity index (χ3v) is 8.17. The molecule has 1 unspecified atom stereocenters. The minimum atomic E-state index is -1.25. The van der Waals surface area contributed by atoms with Gasteiger partial charge in [-0.2, -0.15) is 0 Å². The van der Waals surface area contributed by atoms with E-state index in [1.807, 2.05) is 48.5 Å². The zero-order chi connectivity index (χ0) is 29.2. The number of nitrogens with one attached hydrogen (secondary N) is 3. The van der Waals surface area contributed by atoms with Crippen molar-refractivity contribution in [2.24, 2.45) is 11.8 Å². The van der Waals surface area contributed by atoms with Crippen LogP contribution in [-0.4, -0.2) is 47.6 Å². The molecule has 1 saturated heterocycles. The highest BCUT2D eigenvalue weighted by Gasteiger charge is 2.34. The van der Waals surface area contributed by atoms with Gasteiger partial charge in [-0.25, -0.2) is 9.59 Å². The Labute approximate surface area is 245 Å². The van der Waals surface area contributed by atoms with Crippen LogP contribution in [0.1, 0.15) is 68.6 Å². The quantitative estimate of drug-likeness (QED) is 0.284. The fourth-order valence-electron chi connectivity index (χ4n) is 5.71. The molecule has 9 nitrogen and oxygen atoms in total. The molecular formula is C31H38ClN3O6. The van der Waals surface area contributed by atoms with E-state index >= 15 is 0 Å². The van der Waals surface area contributed by atoms with E-state index in [1.165, 1.54) is 0 Å². The van der Waals surface area contributed by atoms with Crippen LogP contribution in [0, 0.1) is 11.8 Å². The molecular weight excluding hydrogens is 546 g/mol. The summed E-state index contributed by atoms with van der Waals surface area (Å²) in [7, 11) is 0. The molecule has 220 valence electrons. The first-order valence-corrected chi connectivity index (χ1v) is 14.7. The second-order valence-corrected chi connectivity index (χ2v) is 11.4. The van der Waals surface area contributed by atoms with E-state index in [1.54, 1.807) is 6.07 Å². The normalized spacial score (nSPS) is 19.4. The Balaban J connectivity index is 1.47. The standard InChI is InChI=1S/C31H38ClN3O6/c32-24-13-7-10-21(16-24)18-27(22-11-5-2-6-12-22)41-31(40)35-25(17-20-8-3-1-4-9-20)29(37)34-26(30(38)39)19-23-14-15-33-28(23)36/h2,5-7,10-13,16,20,23,25-27H,1,3-4,8-9,14-15,17-19H2,(H,33,36)(H,34,37)(H,35,40)(H,38,39)/t23-,25-,26-,27?/m0/s1. The van der Waals surface area contributed by atoms with Gasteiger partial charge < -0.3 is 25.8 Å². The van der Waals surface area contributed by atoms with Gasteiger partial charge in [0.25, 0.3) is 0 Å². The third kappa shape index (κ3) is 9.21. The van der Waals surface area contributed by atoms with Gasteiger partial charge in [-0.1, -0.05) is 86.2 Å². The van der Waals surface area contributed by atoms with E-state index in [9.17, 15) is 24.3 Å². The lowest BCUT2D eigenvalue weighted by molar-refractivity contribution is -0.143. The number of aliphatic carboxylic acids is 1. The highest BCUT2D eigenvalue weighted by atomic mass is 35.5. The van der Waals surface area contributed by atoms with Gasteiger partial charge in [0.2, 0.25) is 11.8 Å². The van der Waals surface area contributed by atoms with Crippen molar-refractivity contribution in [2.75, 3.05) is 6.54 Å². The molecule has 1 saturated carbocycles. The van der Waals surface area contributed by atoms with E-state index in [0.29, 0.717) is 30.8 Å². The number of amides is 3. The molecule has 4 atom stereocenters. The molecule has 2 aromatic carbocycles. The van der Waals surface area contributed by atoms with Crippen LogP contribution in [0.4, 0.5) is 4.79 Å². The van der Waals surface area contributed by atoms with Crippen LogP contribution >= 0.6 is 11.6 Å². The first-order chi connectivity index (χ1) is 19.8. The molecule has 2 fully saturated rings. The lowest BCUT2D eigenvalue weighted by Gasteiger charge is -2.28. The first-order valence-electron chi connectivity index (χ1n) is 14.4. The Hall–Kier alpha value is -3.59. The molecule has 3 amide bonds. The largest absolute Gasteiger partial charge is 0.480 e. The van der Waals surface area contributed by atoms with Gasteiger partial charge in [-0.3, -0.25) is 9.59 Å². The van der Waals surface area contributed by atoms with Gasteiger partial charge in [0, 0.05) is 23.9 Å². The van der Waals surface area contributed by atoms with Gasteiger partial charge in [0.05, 0.1) is 0 Å². The molecule has 1 aliphatic carbocycles. The SMILES string of the molecule is O=C(N[C@@H](CC1CCCCC1)C(=O)N[C@@H](C[C@@H]1CCNC1=O)C(=O)O)OC(Cc1cccc(Cl)c1)c1ccccc1. The number of carbonyl (C=O) groups is 4. The van der Waals surface area contributed by atoms with Crippen molar-refractivity contribution < 1.29 is 29.0 Å². The Bertz CT molecular complexity index is 1200. The van der Waals surface area contributed by atoms with Crippen molar-refractivity contribution in [3.8, 4) is 0 Å². The van der Waals surface area contributed by atoms with Gasteiger partial charge in [-0.05, 0) is 48.4 Å². The third-order valence-electron chi connectivity index (χ3n) is 7.93. The summed E-state index contributed by atoms with van der Waals surface area (Å²) in [6.07, 6.45) is 4.96. The lowest BCUT2D eigenvalue weighted by Crippen LogP contribution is -2.53.